The Labute approximate surface area is 113 Å². The number of aromatic nitrogens is 1. The lowest BCUT2D eigenvalue weighted by Gasteiger charge is -2.25. The van der Waals surface area contributed by atoms with Crippen molar-refractivity contribution in [1.29, 1.82) is 0 Å². The Balaban J connectivity index is 2.60. The van der Waals surface area contributed by atoms with Crippen molar-refractivity contribution in [3.8, 4) is 0 Å². The summed E-state index contributed by atoms with van der Waals surface area (Å²) in [6, 6.07) is 8.68. The maximum atomic E-state index is 13.1. The molecule has 0 amide bonds. The summed E-state index contributed by atoms with van der Waals surface area (Å²) >= 11 is 0. The van der Waals surface area contributed by atoms with Gasteiger partial charge in [-0.05, 0) is 24.3 Å². The molecule has 0 aliphatic rings. The first-order chi connectivity index (χ1) is 9.33. The first kappa shape index (κ1) is 14.3. The van der Waals surface area contributed by atoms with Gasteiger partial charge in [0.25, 0.3) is 10.0 Å². The molecule has 0 spiro atoms. The van der Waals surface area contributed by atoms with Crippen LogP contribution in [0.4, 0.5) is 18.9 Å². The second-order valence-electron chi connectivity index (χ2n) is 3.76. The third-order valence-electron chi connectivity index (χ3n) is 2.39. The second kappa shape index (κ2) is 5.12. The molecule has 0 atom stereocenters. The Kier molecular flexibility index (Phi) is 3.67. The summed E-state index contributed by atoms with van der Waals surface area (Å²) in [5, 5.41) is 0. The maximum absolute atomic E-state index is 13.1. The van der Waals surface area contributed by atoms with Crippen LogP contribution < -0.4 is 4.31 Å². The smallest absolute Gasteiger partial charge is 0.263 e. The molecular weight excluding hydrogens is 293 g/mol. The van der Waals surface area contributed by atoms with Gasteiger partial charge < -0.3 is 0 Å². The minimum absolute atomic E-state index is 0.443. The first-order valence-electron chi connectivity index (χ1n) is 5.41. The van der Waals surface area contributed by atoms with Gasteiger partial charge in [0.2, 0.25) is 0 Å². The zero-order valence-corrected chi connectivity index (χ0v) is 10.8. The maximum Gasteiger partial charge on any atom is 0.498 e. The summed E-state index contributed by atoms with van der Waals surface area (Å²) in [5.74, 6) is 0. The summed E-state index contributed by atoms with van der Waals surface area (Å²) < 4.78 is 63.0. The van der Waals surface area contributed by atoms with Gasteiger partial charge in [-0.3, -0.25) is 4.98 Å². The van der Waals surface area contributed by atoms with E-state index < -0.39 is 31.2 Å². The molecule has 1 heterocycles. The fourth-order valence-corrected chi connectivity index (χ4v) is 2.96. The predicted molar refractivity (Wildman–Crippen MR) is 66.4 cm³/mol. The van der Waals surface area contributed by atoms with E-state index in [-0.39, 0.29) is 0 Å². The van der Waals surface area contributed by atoms with E-state index in [1.165, 1.54) is 30.5 Å². The van der Waals surface area contributed by atoms with Crippen molar-refractivity contribution >= 4 is 15.7 Å². The number of halogens is 3. The molecule has 4 nitrogen and oxygen atoms in total. The number of rotatable bonds is 3. The normalized spacial score (nSPS) is 12.2. The Hall–Kier alpha value is -2.09. The average molecular weight is 302 g/mol. The van der Waals surface area contributed by atoms with Crippen LogP contribution in [0, 0.1) is 0 Å². The number of sulfonamides is 1. The van der Waals surface area contributed by atoms with Crippen molar-refractivity contribution in [2.75, 3.05) is 4.31 Å². The van der Waals surface area contributed by atoms with Gasteiger partial charge in [-0.15, -0.1) is 13.2 Å². The van der Waals surface area contributed by atoms with E-state index in [1.54, 1.807) is 0 Å². The predicted octanol–water partition coefficient (Wildman–Crippen LogP) is 2.80. The largest absolute Gasteiger partial charge is 0.498 e. The number of benzene rings is 1. The van der Waals surface area contributed by atoms with Gasteiger partial charge in [0.15, 0.2) is 0 Å². The number of anilines is 1. The lowest BCUT2D eigenvalue weighted by molar-refractivity contribution is -0.115. The molecule has 1 aromatic carbocycles. The SMILES string of the molecule is O=S(=O)(c1ccccc1)N(c1cccnc1)C(F)(F)F. The second-order valence-corrected chi connectivity index (χ2v) is 5.55. The van der Waals surface area contributed by atoms with Crippen molar-refractivity contribution in [3.63, 3.8) is 0 Å². The molecule has 0 fully saturated rings. The van der Waals surface area contributed by atoms with Crippen molar-refractivity contribution in [2.24, 2.45) is 0 Å². The minimum atomic E-state index is -5.09. The van der Waals surface area contributed by atoms with Gasteiger partial charge in [-0.2, -0.15) is 4.31 Å². The van der Waals surface area contributed by atoms with E-state index in [9.17, 15) is 21.6 Å². The molecule has 2 rings (SSSR count). The summed E-state index contributed by atoms with van der Waals surface area (Å²) in [7, 11) is -4.74. The Morgan fingerprint density at radius 2 is 1.65 bits per heavy atom. The van der Waals surface area contributed by atoms with Crippen LogP contribution in [0.3, 0.4) is 0 Å². The molecule has 0 saturated carbocycles. The molecule has 0 radical (unpaired) electrons. The summed E-state index contributed by atoms with van der Waals surface area (Å²) in [4.78, 5) is 3.08. The summed E-state index contributed by atoms with van der Waals surface area (Å²) in [5.41, 5.74) is -0.566. The van der Waals surface area contributed by atoms with Gasteiger partial charge in [0, 0.05) is 6.20 Å². The highest BCUT2D eigenvalue weighted by Gasteiger charge is 2.46. The molecule has 0 aliphatic carbocycles. The van der Waals surface area contributed by atoms with Crippen LogP contribution in [0.2, 0.25) is 0 Å². The van der Waals surface area contributed by atoms with Gasteiger partial charge in [0.05, 0.1) is 16.8 Å². The summed E-state index contributed by atoms with van der Waals surface area (Å²) in [6.07, 6.45) is -2.99. The van der Waals surface area contributed by atoms with Crippen molar-refractivity contribution in [3.05, 3.63) is 54.9 Å². The fourth-order valence-electron chi connectivity index (χ4n) is 1.59. The lowest BCUT2D eigenvalue weighted by Crippen LogP contribution is -2.43. The number of pyridine rings is 1. The monoisotopic (exact) mass is 302 g/mol. The zero-order valence-electron chi connectivity index (χ0n) is 9.95. The van der Waals surface area contributed by atoms with E-state index in [4.69, 9.17) is 0 Å². The van der Waals surface area contributed by atoms with Crippen LogP contribution in [0.1, 0.15) is 0 Å². The Morgan fingerprint density at radius 1 is 1.00 bits per heavy atom. The van der Waals surface area contributed by atoms with Gasteiger partial charge in [-0.1, -0.05) is 18.2 Å². The Morgan fingerprint density at radius 3 is 2.15 bits per heavy atom. The van der Waals surface area contributed by atoms with E-state index in [2.05, 4.69) is 4.98 Å². The average Bonchev–Trinajstić information content (AvgIpc) is 2.39. The van der Waals surface area contributed by atoms with E-state index >= 15 is 0 Å². The highest BCUT2D eigenvalue weighted by Crippen LogP contribution is 2.33. The molecule has 106 valence electrons. The number of alkyl halides is 3. The molecule has 0 N–H and O–H groups in total. The van der Waals surface area contributed by atoms with Crippen LogP contribution in [-0.2, 0) is 10.0 Å². The highest BCUT2D eigenvalue weighted by atomic mass is 32.2. The van der Waals surface area contributed by atoms with Crippen molar-refractivity contribution < 1.29 is 21.6 Å². The fraction of sp³-hybridized carbons (Fsp3) is 0.0833. The van der Waals surface area contributed by atoms with Crippen molar-refractivity contribution in [1.82, 2.24) is 4.98 Å². The molecule has 1 aromatic heterocycles. The molecule has 8 heteroatoms. The van der Waals surface area contributed by atoms with Gasteiger partial charge in [-0.25, -0.2) is 8.42 Å². The van der Waals surface area contributed by atoms with Crippen LogP contribution in [-0.4, -0.2) is 19.7 Å². The topological polar surface area (TPSA) is 50.3 Å². The minimum Gasteiger partial charge on any atom is -0.263 e. The molecule has 0 saturated heterocycles. The van der Waals surface area contributed by atoms with E-state index in [0.29, 0.717) is 0 Å². The van der Waals surface area contributed by atoms with E-state index in [1.807, 2.05) is 0 Å². The van der Waals surface area contributed by atoms with Gasteiger partial charge in [0.1, 0.15) is 0 Å². The number of hydrogen-bond acceptors (Lipinski definition) is 3. The number of nitrogens with zero attached hydrogens (tertiary/aromatic N) is 2. The third kappa shape index (κ3) is 2.74. The molecule has 0 bridgehead atoms. The van der Waals surface area contributed by atoms with Gasteiger partial charge >= 0.3 is 6.30 Å². The van der Waals surface area contributed by atoms with Crippen LogP contribution in [0.25, 0.3) is 0 Å². The molecule has 20 heavy (non-hydrogen) atoms. The van der Waals surface area contributed by atoms with Crippen LogP contribution in [0.15, 0.2) is 59.8 Å². The third-order valence-corrected chi connectivity index (χ3v) is 4.16. The molecular formula is C12H9F3N2O2S. The van der Waals surface area contributed by atoms with Crippen molar-refractivity contribution in [2.45, 2.75) is 11.2 Å². The van der Waals surface area contributed by atoms with Crippen LogP contribution in [0.5, 0.6) is 0 Å². The van der Waals surface area contributed by atoms with Crippen LogP contribution >= 0.6 is 0 Å². The molecule has 0 aliphatic heterocycles. The molecule has 0 unspecified atom stereocenters. The first-order valence-corrected chi connectivity index (χ1v) is 6.85. The standard InChI is InChI=1S/C12H9F3N2O2S/c13-12(14,15)17(10-5-4-8-16-9-10)20(18,19)11-6-2-1-3-7-11/h1-9H. The zero-order chi connectivity index (χ0) is 14.8. The summed E-state index contributed by atoms with van der Waals surface area (Å²) in [6.45, 7) is 0. The van der Waals surface area contributed by atoms with E-state index in [0.717, 1.165) is 24.4 Å². The highest BCUT2D eigenvalue weighted by molar-refractivity contribution is 7.92. The molecule has 2 aromatic rings. The lowest BCUT2D eigenvalue weighted by atomic mass is 10.4. The number of hydrogen-bond donors (Lipinski definition) is 0. The Bertz CT molecular complexity index is 673. The quantitative estimate of drug-likeness (QED) is 0.819.